The summed E-state index contributed by atoms with van der Waals surface area (Å²) in [5.74, 6) is -2.93. The zero-order valence-electron chi connectivity index (χ0n) is 8.04. The van der Waals surface area contributed by atoms with E-state index < -0.39 is 11.8 Å². The van der Waals surface area contributed by atoms with Crippen molar-refractivity contribution in [3.05, 3.63) is 23.8 Å². The van der Waals surface area contributed by atoms with E-state index in [1.54, 1.807) is 0 Å². The van der Waals surface area contributed by atoms with Crippen LogP contribution >= 0.6 is 0 Å². The highest BCUT2D eigenvalue weighted by molar-refractivity contribution is 6.34. The van der Waals surface area contributed by atoms with E-state index >= 15 is 0 Å². The van der Waals surface area contributed by atoms with Crippen molar-refractivity contribution in [2.45, 2.75) is 0 Å². The molecule has 0 aliphatic rings. The number of benzene rings is 1. The van der Waals surface area contributed by atoms with Gasteiger partial charge in [0.15, 0.2) is 11.5 Å². The molecule has 1 aromatic rings. The summed E-state index contributed by atoms with van der Waals surface area (Å²) in [6, 6.07) is 4.22. The summed E-state index contributed by atoms with van der Waals surface area (Å²) < 4.78 is 0. The van der Waals surface area contributed by atoms with E-state index in [0.717, 1.165) is 6.21 Å². The number of amides is 2. The van der Waals surface area contributed by atoms with Gasteiger partial charge in [-0.2, -0.15) is 5.10 Å². The first-order valence-corrected chi connectivity index (χ1v) is 4.16. The zero-order valence-corrected chi connectivity index (χ0v) is 8.04. The molecule has 0 atom stereocenters. The summed E-state index contributed by atoms with van der Waals surface area (Å²) in [5, 5.41) is 21.8. The van der Waals surface area contributed by atoms with Gasteiger partial charge in [0.25, 0.3) is 0 Å². The Balaban J connectivity index is 2.74. The number of nitrogens with two attached hydrogens (primary N) is 1. The van der Waals surface area contributed by atoms with Crippen LogP contribution in [-0.2, 0) is 9.59 Å². The number of hydrogen-bond acceptors (Lipinski definition) is 5. The van der Waals surface area contributed by atoms with E-state index in [0.29, 0.717) is 0 Å². The fourth-order valence-electron chi connectivity index (χ4n) is 0.868. The molecule has 7 nitrogen and oxygen atoms in total. The Kier molecular flexibility index (Phi) is 3.44. The fraction of sp³-hybridized carbons (Fsp3) is 0. The minimum atomic E-state index is -1.17. The Morgan fingerprint density at radius 2 is 2.06 bits per heavy atom. The minimum absolute atomic E-state index is 0.185. The van der Waals surface area contributed by atoms with Crippen LogP contribution in [0.3, 0.4) is 0 Å². The molecule has 0 heterocycles. The molecule has 0 aromatic heterocycles. The SMILES string of the molecule is NC(=O)C(=O)N/N=C/c1cccc(O)c1O. The van der Waals surface area contributed by atoms with Gasteiger partial charge in [0.05, 0.1) is 6.21 Å². The molecule has 16 heavy (non-hydrogen) atoms. The number of nitrogens with zero attached hydrogens (tertiary/aromatic N) is 1. The molecule has 0 spiro atoms. The van der Waals surface area contributed by atoms with Gasteiger partial charge in [0.1, 0.15) is 0 Å². The van der Waals surface area contributed by atoms with Crippen LogP contribution in [-0.4, -0.2) is 28.2 Å². The van der Waals surface area contributed by atoms with Crippen molar-refractivity contribution in [2.75, 3.05) is 0 Å². The molecule has 0 radical (unpaired) electrons. The Hall–Kier alpha value is -2.57. The third-order valence-electron chi connectivity index (χ3n) is 1.64. The maximum Gasteiger partial charge on any atom is 0.329 e. The lowest BCUT2D eigenvalue weighted by atomic mass is 10.2. The van der Waals surface area contributed by atoms with Crippen LogP contribution < -0.4 is 11.2 Å². The molecule has 0 saturated heterocycles. The van der Waals surface area contributed by atoms with Gasteiger partial charge in [-0.15, -0.1) is 0 Å². The Bertz CT molecular complexity index is 456. The normalized spacial score (nSPS) is 10.2. The number of phenolic OH excluding ortho intramolecular Hbond substituents is 2. The molecule has 0 aliphatic heterocycles. The van der Waals surface area contributed by atoms with Crippen molar-refractivity contribution in [3.8, 4) is 11.5 Å². The topological polar surface area (TPSA) is 125 Å². The number of carbonyl (C=O) groups excluding carboxylic acids is 2. The lowest BCUT2D eigenvalue weighted by molar-refractivity contribution is -0.137. The van der Waals surface area contributed by atoms with Gasteiger partial charge in [-0.3, -0.25) is 9.59 Å². The number of para-hydroxylation sites is 1. The molecule has 7 heteroatoms. The lowest BCUT2D eigenvalue weighted by Gasteiger charge is -2.00. The van der Waals surface area contributed by atoms with E-state index in [9.17, 15) is 14.7 Å². The van der Waals surface area contributed by atoms with E-state index in [4.69, 9.17) is 5.11 Å². The molecule has 0 saturated carbocycles. The van der Waals surface area contributed by atoms with Crippen molar-refractivity contribution in [1.82, 2.24) is 5.43 Å². The highest BCUT2D eigenvalue weighted by atomic mass is 16.3. The number of phenols is 2. The quantitative estimate of drug-likeness (QED) is 0.223. The van der Waals surface area contributed by atoms with Crippen molar-refractivity contribution in [3.63, 3.8) is 0 Å². The summed E-state index contributed by atoms with van der Waals surface area (Å²) in [6.45, 7) is 0. The number of carbonyl (C=O) groups is 2. The van der Waals surface area contributed by atoms with E-state index in [-0.39, 0.29) is 17.1 Å². The first kappa shape index (κ1) is 11.5. The van der Waals surface area contributed by atoms with Crippen LogP contribution in [0.25, 0.3) is 0 Å². The predicted octanol–water partition coefficient (Wildman–Crippen LogP) is -0.967. The smallest absolute Gasteiger partial charge is 0.329 e. The van der Waals surface area contributed by atoms with E-state index in [1.807, 2.05) is 5.43 Å². The average Bonchev–Trinajstić information content (AvgIpc) is 2.24. The van der Waals surface area contributed by atoms with Crippen LogP contribution in [0.4, 0.5) is 0 Å². The van der Waals surface area contributed by atoms with Crippen LogP contribution in [0, 0.1) is 0 Å². The summed E-state index contributed by atoms with van der Waals surface area (Å²) in [7, 11) is 0. The Morgan fingerprint density at radius 1 is 1.38 bits per heavy atom. The van der Waals surface area contributed by atoms with Gasteiger partial charge in [0.2, 0.25) is 0 Å². The highest BCUT2D eigenvalue weighted by Gasteiger charge is 2.06. The van der Waals surface area contributed by atoms with Crippen LogP contribution in [0.1, 0.15) is 5.56 Å². The maximum atomic E-state index is 10.7. The van der Waals surface area contributed by atoms with Gasteiger partial charge in [0, 0.05) is 5.56 Å². The lowest BCUT2D eigenvalue weighted by Crippen LogP contribution is -2.32. The van der Waals surface area contributed by atoms with Crippen LogP contribution in [0.15, 0.2) is 23.3 Å². The molecule has 1 aromatic carbocycles. The Morgan fingerprint density at radius 3 is 2.69 bits per heavy atom. The highest BCUT2D eigenvalue weighted by Crippen LogP contribution is 2.26. The second kappa shape index (κ2) is 4.78. The van der Waals surface area contributed by atoms with Gasteiger partial charge in [-0.25, -0.2) is 5.43 Å². The predicted molar refractivity (Wildman–Crippen MR) is 54.7 cm³/mol. The molecular weight excluding hydrogens is 214 g/mol. The number of hydrazone groups is 1. The summed E-state index contributed by atoms with van der Waals surface area (Å²) in [6.07, 6.45) is 1.07. The molecule has 0 aliphatic carbocycles. The van der Waals surface area contributed by atoms with E-state index in [1.165, 1.54) is 18.2 Å². The summed E-state index contributed by atoms with van der Waals surface area (Å²) in [5.41, 5.74) is 6.68. The van der Waals surface area contributed by atoms with Gasteiger partial charge in [-0.1, -0.05) is 6.07 Å². The van der Waals surface area contributed by atoms with Crippen molar-refractivity contribution in [1.29, 1.82) is 0 Å². The number of hydrogen-bond donors (Lipinski definition) is 4. The Labute approximate surface area is 90.2 Å². The molecule has 2 amide bonds. The summed E-state index contributed by atoms with van der Waals surface area (Å²) in [4.78, 5) is 21.0. The molecule has 0 bridgehead atoms. The van der Waals surface area contributed by atoms with Crippen molar-refractivity contribution in [2.24, 2.45) is 10.8 Å². The third-order valence-corrected chi connectivity index (χ3v) is 1.64. The van der Waals surface area contributed by atoms with Gasteiger partial charge in [-0.05, 0) is 12.1 Å². The monoisotopic (exact) mass is 223 g/mol. The number of rotatable bonds is 2. The first-order chi connectivity index (χ1) is 7.52. The van der Waals surface area contributed by atoms with Gasteiger partial charge < -0.3 is 15.9 Å². The second-order valence-corrected chi connectivity index (χ2v) is 2.78. The fourth-order valence-corrected chi connectivity index (χ4v) is 0.868. The molecule has 5 N–H and O–H groups in total. The van der Waals surface area contributed by atoms with Crippen molar-refractivity contribution < 1.29 is 19.8 Å². The molecule has 84 valence electrons. The second-order valence-electron chi connectivity index (χ2n) is 2.78. The standard InChI is InChI=1S/C9H9N3O4/c10-8(15)9(16)12-11-4-5-2-1-3-6(13)7(5)14/h1-4,13-14H,(H2,10,15)(H,12,16)/b11-4+. The molecule has 0 fully saturated rings. The molecule has 1 rings (SSSR count). The van der Waals surface area contributed by atoms with Crippen LogP contribution in [0.2, 0.25) is 0 Å². The largest absolute Gasteiger partial charge is 0.504 e. The number of nitrogens with one attached hydrogen (secondary N) is 1. The minimum Gasteiger partial charge on any atom is -0.504 e. The number of primary amides is 1. The van der Waals surface area contributed by atoms with Crippen molar-refractivity contribution >= 4 is 18.0 Å². The average molecular weight is 223 g/mol. The van der Waals surface area contributed by atoms with Gasteiger partial charge >= 0.3 is 11.8 Å². The first-order valence-electron chi connectivity index (χ1n) is 4.16. The summed E-state index contributed by atoms with van der Waals surface area (Å²) >= 11 is 0. The molecular formula is C9H9N3O4. The van der Waals surface area contributed by atoms with E-state index in [2.05, 4.69) is 10.8 Å². The maximum absolute atomic E-state index is 10.7. The van der Waals surface area contributed by atoms with Crippen LogP contribution in [0.5, 0.6) is 11.5 Å². The molecule has 0 unspecified atom stereocenters. The third kappa shape index (κ3) is 2.71. The number of aromatic hydroxyl groups is 2. The zero-order chi connectivity index (χ0) is 12.1.